The van der Waals surface area contributed by atoms with E-state index in [1.807, 2.05) is 12.1 Å². The second kappa shape index (κ2) is 6.64. The molecule has 84 valence electrons. The molecule has 0 aromatic carbocycles. The minimum Gasteiger partial charge on any atom is -0.395 e. The van der Waals surface area contributed by atoms with Crippen LogP contribution in [0, 0.1) is 0 Å². The lowest BCUT2D eigenvalue weighted by Gasteiger charge is -2.22. The monoisotopic (exact) mass is 228 g/mol. The number of aliphatic hydroxyl groups is 1. The summed E-state index contributed by atoms with van der Waals surface area (Å²) < 4.78 is 0. The van der Waals surface area contributed by atoms with E-state index in [0.717, 1.165) is 25.2 Å². The third-order valence-corrected chi connectivity index (χ3v) is 2.39. The Morgan fingerprint density at radius 1 is 1.40 bits per heavy atom. The zero-order valence-corrected chi connectivity index (χ0v) is 9.74. The molecule has 4 heteroatoms. The van der Waals surface area contributed by atoms with Crippen LogP contribution in [0.5, 0.6) is 0 Å². The fraction of sp³-hybridized carbons (Fsp3) is 0.545. The molecule has 15 heavy (non-hydrogen) atoms. The van der Waals surface area contributed by atoms with E-state index in [0.29, 0.717) is 11.7 Å². The highest BCUT2D eigenvalue weighted by molar-refractivity contribution is 6.29. The van der Waals surface area contributed by atoms with Gasteiger partial charge in [0.1, 0.15) is 11.0 Å². The number of unbranched alkanes of at least 4 members (excludes halogenated alkanes) is 1. The lowest BCUT2D eigenvalue weighted by atomic mass is 10.3. The fourth-order valence-electron chi connectivity index (χ4n) is 1.38. The molecular formula is C11H17ClN2O. The number of rotatable bonds is 6. The van der Waals surface area contributed by atoms with Gasteiger partial charge in [-0.05, 0) is 18.6 Å². The van der Waals surface area contributed by atoms with Crippen molar-refractivity contribution in [1.29, 1.82) is 0 Å². The van der Waals surface area contributed by atoms with Crippen LogP contribution < -0.4 is 4.90 Å². The second-order valence-electron chi connectivity index (χ2n) is 3.38. The Bertz CT molecular complexity index is 294. The van der Waals surface area contributed by atoms with Gasteiger partial charge in [0.2, 0.25) is 0 Å². The molecule has 0 aliphatic heterocycles. The number of hydrogen-bond acceptors (Lipinski definition) is 3. The van der Waals surface area contributed by atoms with Gasteiger partial charge in [-0.3, -0.25) is 0 Å². The molecule has 0 atom stereocenters. The average molecular weight is 229 g/mol. The van der Waals surface area contributed by atoms with Gasteiger partial charge < -0.3 is 10.0 Å². The number of hydrogen-bond donors (Lipinski definition) is 1. The van der Waals surface area contributed by atoms with Crippen LogP contribution in [0.25, 0.3) is 0 Å². The normalized spacial score (nSPS) is 10.3. The first kappa shape index (κ1) is 12.3. The van der Waals surface area contributed by atoms with Crippen molar-refractivity contribution in [3.8, 4) is 0 Å². The van der Waals surface area contributed by atoms with Gasteiger partial charge in [-0.25, -0.2) is 4.98 Å². The van der Waals surface area contributed by atoms with Crippen molar-refractivity contribution in [2.24, 2.45) is 0 Å². The Morgan fingerprint density at radius 2 is 2.20 bits per heavy atom. The highest BCUT2D eigenvalue weighted by atomic mass is 35.5. The molecule has 0 radical (unpaired) electrons. The van der Waals surface area contributed by atoms with E-state index in [1.54, 1.807) is 6.07 Å². The molecule has 0 saturated heterocycles. The summed E-state index contributed by atoms with van der Waals surface area (Å²) in [6.45, 7) is 3.79. The minimum absolute atomic E-state index is 0.137. The zero-order chi connectivity index (χ0) is 11.1. The Balaban J connectivity index is 2.69. The molecule has 0 unspecified atom stereocenters. The molecule has 0 saturated carbocycles. The van der Waals surface area contributed by atoms with Crippen LogP contribution in [-0.2, 0) is 0 Å². The second-order valence-corrected chi connectivity index (χ2v) is 3.77. The summed E-state index contributed by atoms with van der Waals surface area (Å²) >= 11 is 5.82. The van der Waals surface area contributed by atoms with Crippen molar-refractivity contribution in [2.75, 3.05) is 24.6 Å². The average Bonchev–Trinajstić information content (AvgIpc) is 2.24. The Hall–Kier alpha value is -0.800. The van der Waals surface area contributed by atoms with Gasteiger partial charge >= 0.3 is 0 Å². The number of pyridine rings is 1. The van der Waals surface area contributed by atoms with Gasteiger partial charge in [0.25, 0.3) is 0 Å². The van der Waals surface area contributed by atoms with E-state index in [9.17, 15) is 0 Å². The van der Waals surface area contributed by atoms with Crippen molar-refractivity contribution in [3.05, 3.63) is 23.4 Å². The van der Waals surface area contributed by atoms with Crippen LogP contribution in [0.1, 0.15) is 19.8 Å². The van der Waals surface area contributed by atoms with Gasteiger partial charge in [0.15, 0.2) is 0 Å². The molecule has 0 bridgehead atoms. The zero-order valence-electron chi connectivity index (χ0n) is 8.99. The highest BCUT2D eigenvalue weighted by Gasteiger charge is 2.06. The van der Waals surface area contributed by atoms with Crippen LogP contribution in [0.4, 0.5) is 5.82 Å². The lowest BCUT2D eigenvalue weighted by molar-refractivity contribution is 0.301. The topological polar surface area (TPSA) is 36.4 Å². The molecule has 0 amide bonds. The van der Waals surface area contributed by atoms with Gasteiger partial charge in [0.05, 0.1) is 6.61 Å². The molecular weight excluding hydrogens is 212 g/mol. The lowest BCUT2D eigenvalue weighted by Crippen LogP contribution is -2.28. The maximum atomic E-state index is 8.96. The first-order chi connectivity index (χ1) is 7.27. The molecule has 1 aromatic rings. The van der Waals surface area contributed by atoms with Crippen molar-refractivity contribution in [2.45, 2.75) is 19.8 Å². The Labute approximate surface area is 95.7 Å². The van der Waals surface area contributed by atoms with Gasteiger partial charge in [-0.15, -0.1) is 0 Å². The van der Waals surface area contributed by atoms with Crippen molar-refractivity contribution >= 4 is 17.4 Å². The van der Waals surface area contributed by atoms with Crippen molar-refractivity contribution in [3.63, 3.8) is 0 Å². The number of anilines is 1. The highest BCUT2D eigenvalue weighted by Crippen LogP contribution is 2.14. The first-order valence-corrected chi connectivity index (χ1v) is 5.64. The minimum atomic E-state index is 0.137. The van der Waals surface area contributed by atoms with E-state index < -0.39 is 0 Å². The summed E-state index contributed by atoms with van der Waals surface area (Å²) in [7, 11) is 0. The number of aliphatic hydroxyl groups excluding tert-OH is 1. The number of nitrogens with zero attached hydrogens (tertiary/aromatic N) is 2. The van der Waals surface area contributed by atoms with Crippen LogP contribution in [0.15, 0.2) is 18.2 Å². The molecule has 1 aromatic heterocycles. The summed E-state index contributed by atoms with van der Waals surface area (Å²) in [5.74, 6) is 0.838. The predicted octanol–water partition coefficient (Wildman–Crippen LogP) is 2.33. The van der Waals surface area contributed by atoms with Crippen LogP contribution in [0.3, 0.4) is 0 Å². The predicted molar refractivity (Wildman–Crippen MR) is 63.5 cm³/mol. The maximum absolute atomic E-state index is 8.96. The Morgan fingerprint density at radius 3 is 2.80 bits per heavy atom. The molecule has 0 aliphatic carbocycles. The van der Waals surface area contributed by atoms with Gasteiger partial charge in [0, 0.05) is 13.1 Å². The van der Waals surface area contributed by atoms with Crippen LogP contribution in [-0.4, -0.2) is 29.8 Å². The summed E-state index contributed by atoms with van der Waals surface area (Å²) in [6.07, 6.45) is 2.22. The standard InChI is InChI=1S/C11H17ClN2O/c1-2-3-7-14(8-9-15)11-6-4-5-10(12)13-11/h4-6,15H,2-3,7-9H2,1H3. The molecule has 3 nitrogen and oxygen atoms in total. The molecule has 1 rings (SSSR count). The summed E-state index contributed by atoms with van der Waals surface area (Å²) in [5, 5.41) is 9.46. The Kier molecular flexibility index (Phi) is 5.43. The molecule has 0 spiro atoms. The quantitative estimate of drug-likeness (QED) is 0.760. The molecule has 1 N–H and O–H groups in total. The SMILES string of the molecule is CCCCN(CCO)c1cccc(Cl)n1. The fourth-order valence-corrected chi connectivity index (χ4v) is 1.54. The van der Waals surface area contributed by atoms with E-state index in [2.05, 4.69) is 16.8 Å². The van der Waals surface area contributed by atoms with Crippen molar-refractivity contribution < 1.29 is 5.11 Å². The van der Waals surface area contributed by atoms with E-state index in [4.69, 9.17) is 16.7 Å². The molecule has 0 aliphatic rings. The number of aromatic nitrogens is 1. The first-order valence-electron chi connectivity index (χ1n) is 5.26. The smallest absolute Gasteiger partial charge is 0.131 e. The van der Waals surface area contributed by atoms with Gasteiger partial charge in [-0.1, -0.05) is 31.0 Å². The third-order valence-electron chi connectivity index (χ3n) is 2.18. The summed E-state index contributed by atoms with van der Waals surface area (Å²) in [4.78, 5) is 6.28. The third kappa shape index (κ3) is 4.06. The number of halogens is 1. The van der Waals surface area contributed by atoms with E-state index in [1.165, 1.54) is 0 Å². The van der Waals surface area contributed by atoms with Gasteiger partial charge in [-0.2, -0.15) is 0 Å². The summed E-state index contributed by atoms with van der Waals surface area (Å²) in [6, 6.07) is 5.54. The van der Waals surface area contributed by atoms with Crippen LogP contribution in [0.2, 0.25) is 5.15 Å². The molecule has 0 fully saturated rings. The maximum Gasteiger partial charge on any atom is 0.131 e. The molecule has 1 heterocycles. The summed E-state index contributed by atoms with van der Waals surface area (Å²) in [5.41, 5.74) is 0. The van der Waals surface area contributed by atoms with Crippen LogP contribution >= 0.6 is 11.6 Å². The van der Waals surface area contributed by atoms with E-state index in [-0.39, 0.29) is 6.61 Å². The largest absolute Gasteiger partial charge is 0.395 e. The van der Waals surface area contributed by atoms with E-state index >= 15 is 0 Å². The van der Waals surface area contributed by atoms with Crippen molar-refractivity contribution in [1.82, 2.24) is 4.98 Å².